The van der Waals surface area contributed by atoms with Crippen LogP contribution >= 0.6 is 15.9 Å². The van der Waals surface area contributed by atoms with E-state index in [2.05, 4.69) is 26.7 Å². The molecule has 1 aromatic rings. The van der Waals surface area contributed by atoms with Gasteiger partial charge in [-0.1, -0.05) is 28.1 Å². The second kappa shape index (κ2) is 5.64. The first-order valence-electron chi connectivity index (χ1n) is 6.13. The Labute approximate surface area is 122 Å². The van der Waals surface area contributed by atoms with Crippen LogP contribution < -0.4 is 10.5 Å². The van der Waals surface area contributed by atoms with Crippen molar-refractivity contribution < 1.29 is 8.42 Å². The molecule has 4 nitrogen and oxygen atoms in total. The Bertz CT molecular complexity index is 611. The van der Waals surface area contributed by atoms with Gasteiger partial charge in [0.15, 0.2) is 0 Å². The van der Waals surface area contributed by atoms with E-state index in [-0.39, 0.29) is 10.9 Å². The Balaban J connectivity index is 2.31. The summed E-state index contributed by atoms with van der Waals surface area (Å²) in [6.45, 7) is 1.72. The van der Waals surface area contributed by atoms with Gasteiger partial charge in [0.25, 0.3) is 0 Å². The van der Waals surface area contributed by atoms with Crippen LogP contribution in [0.4, 0.5) is 5.69 Å². The molecule has 104 valence electrons. The first-order valence-corrected chi connectivity index (χ1v) is 8.41. The van der Waals surface area contributed by atoms with Crippen LogP contribution in [0.1, 0.15) is 24.8 Å². The Morgan fingerprint density at radius 3 is 2.74 bits per heavy atom. The molecule has 0 spiro atoms. The lowest BCUT2D eigenvalue weighted by Crippen LogP contribution is -2.35. The molecule has 1 atom stereocenters. The van der Waals surface area contributed by atoms with Crippen molar-refractivity contribution in [3.8, 4) is 0 Å². The molecule has 0 heterocycles. The Kier molecular flexibility index (Phi) is 4.32. The summed E-state index contributed by atoms with van der Waals surface area (Å²) in [5.74, 6) is 0. The van der Waals surface area contributed by atoms with Crippen molar-refractivity contribution in [2.24, 2.45) is 0 Å². The number of sulfonamides is 1. The van der Waals surface area contributed by atoms with Gasteiger partial charge in [-0.15, -0.1) is 0 Å². The smallest absolute Gasteiger partial charge is 0.241 e. The monoisotopic (exact) mass is 344 g/mol. The van der Waals surface area contributed by atoms with Gasteiger partial charge in [-0.25, -0.2) is 13.1 Å². The fraction of sp³-hybridized carbons (Fsp3) is 0.385. The fourth-order valence-corrected chi connectivity index (χ4v) is 4.35. The van der Waals surface area contributed by atoms with E-state index in [1.54, 1.807) is 19.1 Å². The van der Waals surface area contributed by atoms with E-state index < -0.39 is 10.0 Å². The largest absolute Gasteiger partial charge is 0.398 e. The lowest BCUT2D eigenvalue weighted by molar-refractivity contribution is 0.522. The highest BCUT2D eigenvalue weighted by molar-refractivity contribution is 9.10. The molecular formula is C13H17BrN2O2S. The maximum atomic E-state index is 12.4. The van der Waals surface area contributed by atoms with E-state index in [1.165, 1.54) is 0 Å². The number of nitrogens with two attached hydrogens (primary N) is 1. The van der Waals surface area contributed by atoms with Crippen LogP contribution in [0.3, 0.4) is 0 Å². The predicted molar refractivity (Wildman–Crippen MR) is 80.4 cm³/mol. The van der Waals surface area contributed by atoms with Gasteiger partial charge >= 0.3 is 0 Å². The Hall–Kier alpha value is -0.850. The summed E-state index contributed by atoms with van der Waals surface area (Å²) in [7, 11) is -3.53. The van der Waals surface area contributed by atoms with Gasteiger partial charge in [-0.05, 0) is 43.9 Å². The zero-order chi connectivity index (χ0) is 14.0. The minimum atomic E-state index is -3.53. The lowest BCUT2D eigenvalue weighted by atomic mass is 10.0. The highest BCUT2D eigenvalue weighted by Crippen LogP contribution is 2.27. The van der Waals surface area contributed by atoms with Crippen molar-refractivity contribution >= 4 is 31.6 Å². The molecule has 6 heteroatoms. The van der Waals surface area contributed by atoms with E-state index in [1.807, 2.05) is 6.08 Å². The molecule has 0 fully saturated rings. The number of benzene rings is 1. The third-order valence-corrected chi connectivity index (χ3v) is 5.35. The van der Waals surface area contributed by atoms with Gasteiger partial charge in [0, 0.05) is 16.2 Å². The number of hydrogen-bond donors (Lipinski definition) is 2. The van der Waals surface area contributed by atoms with Crippen LogP contribution in [0.2, 0.25) is 0 Å². The predicted octanol–water partition coefficient (Wildman–Crippen LogP) is 2.73. The highest BCUT2D eigenvalue weighted by atomic mass is 79.9. The summed E-state index contributed by atoms with van der Waals surface area (Å²) < 4.78 is 28.2. The minimum absolute atomic E-state index is 0.0328. The Morgan fingerprint density at radius 2 is 2.11 bits per heavy atom. The molecule has 0 amide bonds. The topological polar surface area (TPSA) is 72.2 Å². The molecule has 3 N–H and O–H groups in total. The second-order valence-corrected chi connectivity index (χ2v) is 7.32. The van der Waals surface area contributed by atoms with Crippen molar-refractivity contribution in [3.63, 3.8) is 0 Å². The minimum Gasteiger partial charge on any atom is -0.398 e. The third kappa shape index (κ3) is 3.38. The first-order chi connectivity index (χ1) is 8.90. The molecule has 0 saturated carbocycles. The summed E-state index contributed by atoms with van der Waals surface area (Å²) in [5, 5.41) is 0. The molecule has 0 bridgehead atoms. The summed E-state index contributed by atoms with van der Waals surface area (Å²) in [4.78, 5) is 0.244. The molecular weight excluding hydrogens is 328 g/mol. The number of nitrogen functional groups attached to an aromatic ring is 1. The molecule has 0 saturated heterocycles. The first kappa shape index (κ1) is 14.6. The van der Waals surface area contributed by atoms with Gasteiger partial charge in [0.05, 0.1) is 4.90 Å². The van der Waals surface area contributed by atoms with Crippen LogP contribution in [-0.4, -0.2) is 14.5 Å². The van der Waals surface area contributed by atoms with E-state index in [4.69, 9.17) is 5.73 Å². The molecule has 2 rings (SSSR count). The van der Waals surface area contributed by atoms with Crippen LogP contribution in [0.25, 0.3) is 0 Å². The van der Waals surface area contributed by atoms with Crippen molar-refractivity contribution in [3.05, 3.63) is 34.3 Å². The number of rotatable bonds is 3. The molecule has 1 aliphatic rings. The van der Waals surface area contributed by atoms with Crippen molar-refractivity contribution in [1.82, 2.24) is 4.72 Å². The van der Waals surface area contributed by atoms with Crippen molar-refractivity contribution in [2.75, 3.05) is 5.73 Å². The number of hydrogen-bond acceptors (Lipinski definition) is 3. The second-order valence-electron chi connectivity index (χ2n) is 4.72. The van der Waals surface area contributed by atoms with Gasteiger partial charge in [0.2, 0.25) is 10.0 Å². The van der Waals surface area contributed by atoms with Gasteiger partial charge in [-0.3, -0.25) is 0 Å². The summed E-state index contributed by atoms with van der Waals surface area (Å²) >= 11 is 3.28. The normalized spacial score (nSPS) is 19.6. The molecule has 0 radical (unpaired) electrons. The number of allylic oxidation sites excluding steroid dienone is 1. The van der Waals surface area contributed by atoms with Gasteiger partial charge in [0.1, 0.15) is 0 Å². The van der Waals surface area contributed by atoms with Crippen molar-refractivity contribution in [1.29, 1.82) is 0 Å². The standard InChI is InChI=1S/C13H17BrN2O2S/c1-9-12(15)7-10(14)8-13(9)19(17,18)16-11-5-3-2-4-6-11/h2-3,7-8,11,16H,4-6,15H2,1H3. The molecule has 1 aromatic carbocycles. The molecule has 1 unspecified atom stereocenters. The average molecular weight is 345 g/mol. The third-order valence-electron chi connectivity index (χ3n) is 3.25. The zero-order valence-corrected chi connectivity index (χ0v) is 13.1. The van der Waals surface area contributed by atoms with Gasteiger partial charge in [-0.2, -0.15) is 0 Å². The van der Waals surface area contributed by atoms with E-state index >= 15 is 0 Å². The highest BCUT2D eigenvalue weighted by Gasteiger charge is 2.23. The number of nitrogens with one attached hydrogen (secondary N) is 1. The SMILES string of the molecule is Cc1c(N)cc(Br)cc1S(=O)(=O)NC1CC=CCC1. The van der Waals surface area contributed by atoms with Crippen molar-refractivity contribution in [2.45, 2.75) is 37.1 Å². The van der Waals surface area contributed by atoms with E-state index in [0.29, 0.717) is 15.7 Å². The molecule has 0 aromatic heterocycles. The Morgan fingerprint density at radius 1 is 1.37 bits per heavy atom. The lowest BCUT2D eigenvalue weighted by Gasteiger charge is -2.20. The summed E-state index contributed by atoms with van der Waals surface area (Å²) in [6.07, 6.45) is 6.57. The molecule has 19 heavy (non-hydrogen) atoms. The van der Waals surface area contributed by atoms with Crippen LogP contribution in [0, 0.1) is 6.92 Å². The molecule has 1 aliphatic carbocycles. The average Bonchev–Trinajstić information content (AvgIpc) is 2.34. The zero-order valence-electron chi connectivity index (χ0n) is 10.7. The van der Waals surface area contributed by atoms with E-state index in [9.17, 15) is 8.42 Å². The summed E-state index contributed by atoms with van der Waals surface area (Å²) in [5.41, 5.74) is 6.87. The number of halogens is 1. The van der Waals surface area contributed by atoms with Gasteiger partial charge < -0.3 is 5.73 Å². The fourth-order valence-electron chi connectivity index (χ4n) is 2.14. The maximum absolute atomic E-state index is 12.4. The number of anilines is 1. The van der Waals surface area contributed by atoms with Crippen LogP contribution in [0.15, 0.2) is 33.7 Å². The van der Waals surface area contributed by atoms with Crippen LogP contribution in [0.5, 0.6) is 0 Å². The molecule has 0 aliphatic heterocycles. The van der Waals surface area contributed by atoms with Crippen LogP contribution in [-0.2, 0) is 10.0 Å². The summed E-state index contributed by atoms with van der Waals surface area (Å²) in [6, 6.07) is 3.26. The maximum Gasteiger partial charge on any atom is 0.241 e. The quantitative estimate of drug-likeness (QED) is 0.654. The van der Waals surface area contributed by atoms with E-state index in [0.717, 1.165) is 19.3 Å².